The zero-order valence-electron chi connectivity index (χ0n) is 21.4. The molecule has 0 aliphatic carbocycles. The molecule has 0 fully saturated rings. The maximum atomic E-state index is 13.4. The largest absolute Gasteiger partial charge is 0.490 e. The van der Waals surface area contributed by atoms with Crippen molar-refractivity contribution in [2.45, 2.75) is 20.3 Å². The summed E-state index contributed by atoms with van der Waals surface area (Å²) in [6.07, 6.45) is 1.69. The Morgan fingerprint density at radius 2 is 2.00 bits per heavy atom. The first-order valence-electron chi connectivity index (χ1n) is 12.1. The maximum Gasteiger partial charge on any atom is 0.315 e. The predicted molar refractivity (Wildman–Crippen MR) is 151 cm³/mol. The summed E-state index contributed by atoms with van der Waals surface area (Å²) < 4.78 is 26.3. The van der Waals surface area contributed by atoms with E-state index in [4.69, 9.17) is 9.47 Å². The van der Waals surface area contributed by atoms with Crippen LogP contribution in [0.5, 0.6) is 11.5 Å². The SMILES string of the molecule is CCOc1cc(C=Nn2c(CC)nc3ccc(Br)cc3c2=O)cc([N+](=O)[O-])c1OCC(=O)Nc1cccc(F)c1. The number of nitro benzene ring substituents is 1. The fraction of sp³-hybridized carbons (Fsp3) is 0.185. The van der Waals surface area contributed by atoms with Crippen LogP contribution in [0.2, 0.25) is 0 Å². The van der Waals surface area contributed by atoms with E-state index in [-0.39, 0.29) is 29.4 Å². The van der Waals surface area contributed by atoms with E-state index in [0.717, 1.165) is 10.7 Å². The number of carbonyl (C=O) groups excluding carboxylic acids is 1. The van der Waals surface area contributed by atoms with E-state index in [0.29, 0.717) is 27.6 Å². The second-order valence-electron chi connectivity index (χ2n) is 8.31. The third-order valence-electron chi connectivity index (χ3n) is 5.52. The number of nitro groups is 1. The first-order valence-corrected chi connectivity index (χ1v) is 12.9. The number of ether oxygens (including phenoxy) is 2. The summed E-state index contributed by atoms with van der Waals surface area (Å²) in [5.74, 6) is -1.05. The highest BCUT2D eigenvalue weighted by Gasteiger charge is 2.23. The van der Waals surface area contributed by atoms with Gasteiger partial charge in [-0.2, -0.15) is 9.78 Å². The van der Waals surface area contributed by atoms with Crippen LogP contribution in [-0.4, -0.2) is 39.9 Å². The monoisotopic (exact) mass is 611 g/mol. The number of amides is 1. The molecule has 4 aromatic rings. The van der Waals surface area contributed by atoms with Crippen molar-refractivity contribution in [3.63, 3.8) is 0 Å². The molecule has 0 aliphatic heterocycles. The topological polar surface area (TPSA) is 138 Å². The lowest BCUT2D eigenvalue weighted by atomic mass is 10.2. The van der Waals surface area contributed by atoms with Gasteiger partial charge >= 0.3 is 5.69 Å². The zero-order valence-corrected chi connectivity index (χ0v) is 23.0. The highest BCUT2D eigenvalue weighted by molar-refractivity contribution is 9.10. The van der Waals surface area contributed by atoms with E-state index in [1.165, 1.54) is 36.5 Å². The molecule has 40 heavy (non-hydrogen) atoms. The molecule has 4 rings (SSSR count). The lowest BCUT2D eigenvalue weighted by molar-refractivity contribution is -0.385. The molecule has 0 aliphatic rings. The first-order chi connectivity index (χ1) is 19.2. The average Bonchev–Trinajstić information content (AvgIpc) is 2.92. The number of hydrogen-bond acceptors (Lipinski definition) is 8. The minimum absolute atomic E-state index is 0.000310. The van der Waals surface area contributed by atoms with E-state index in [2.05, 4.69) is 31.3 Å². The Labute approximate surface area is 235 Å². The summed E-state index contributed by atoms with van der Waals surface area (Å²) in [6, 6.07) is 13.0. The lowest BCUT2D eigenvalue weighted by Gasteiger charge is -2.13. The van der Waals surface area contributed by atoms with Gasteiger partial charge in [-0.1, -0.05) is 28.9 Å². The Balaban J connectivity index is 1.66. The van der Waals surface area contributed by atoms with Crippen LogP contribution in [0.1, 0.15) is 25.2 Å². The standard InChI is InChI=1S/C27H23BrFN5O6/c1-3-24-32-21-9-8-17(28)12-20(21)27(36)33(24)30-14-16-10-22(34(37)38)26(23(11-16)39-4-2)40-15-25(35)31-19-7-5-6-18(29)13-19/h5-14H,3-4,15H2,1-2H3,(H,31,35). The molecule has 1 heterocycles. The van der Waals surface area contributed by atoms with Crippen LogP contribution in [0.4, 0.5) is 15.8 Å². The van der Waals surface area contributed by atoms with Gasteiger partial charge in [-0.3, -0.25) is 19.7 Å². The summed E-state index contributed by atoms with van der Waals surface area (Å²) in [7, 11) is 0. The molecule has 1 amide bonds. The molecule has 1 aromatic heterocycles. The first kappa shape index (κ1) is 28.4. The quantitative estimate of drug-likeness (QED) is 0.150. The molecule has 0 unspecified atom stereocenters. The van der Waals surface area contributed by atoms with Gasteiger partial charge in [0.15, 0.2) is 12.4 Å². The number of rotatable bonds is 10. The lowest BCUT2D eigenvalue weighted by Crippen LogP contribution is -2.22. The summed E-state index contributed by atoms with van der Waals surface area (Å²) >= 11 is 3.35. The molecular weight excluding hydrogens is 589 g/mol. The number of hydrogen-bond donors (Lipinski definition) is 1. The minimum Gasteiger partial charge on any atom is -0.490 e. The second kappa shape index (κ2) is 12.5. The highest BCUT2D eigenvalue weighted by atomic mass is 79.9. The molecule has 0 bridgehead atoms. The fourth-order valence-corrected chi connectivity index (χ4v) is 4.16. The molecule has 13 heteroatoms. The molecule has 0 saturated heterocycles. The van der Waals surface area contributed by atoms with Gasteiger partial charge in [0.2, 0.25) is 5.75 Å². The zero-order chi connectivity index (χ0) is 28.8. The van der Waals surface area contributed by atoms with E-state index < -0.39 is 34.5 Å². The number of halogens is 2. The Hall–Kier alpha value is -4.65. The van der Waals surface area contributed by atoms with Crippen LogP contribution in [-0.2, 0) is 11.2 Å². The number of aryl methyl sites for hydroxylation is 1. The highest BCUT2D eigenvalue weighted by Crippen LogP contribution is 2.38. The number of fused-ring (bicyclic) bond motifs is 1. The average molecular weight is 612 g/mol. The Morgan fingerprint density at radius 3 is 2.70 bits per heavy atom. The number of nitrogens with zero attached hydrogens (tertiary/aromatic N) is 4. The third-order valence-corrected chi connectivity index (χ3v) is 6.02. The summed E-state index contributed by atoms with van der Waals surface area (Å²) in [5, 5.41) is 19.0. The van der Waals surface area contributed by atoms with E-state index in [1.807, 2.05) is 6.92 Å². The molecule has 1 N–H and O–H groups in total. The number of carbonyl (C=O) groups is 1. The minimum atomic E-state index is -0.682. The van der Waals surface area contributed by atoms with Gasteiger partial charge in [0.1, 0.15) is 11.6 Å². The molecule has 0 radical (unpaired) electrons. The number of benzene rings is 3. The normalized spacial score (nSPS) is 11.1. The van der Waals surface area contributed by atoms with Crippen LogP contribution >= 0.6 is 15.9 Å². The van der Waals surface area contributed by atoms with E-state index >= 15 is 0 Å². The number of aromatic nitrogens is 2. The van der Waals surface area contributed by atoms with Crippen LogP contribution in [0, 0.1) is 15.9 Å². The number of anilines is 1. The second-order valence-corrected chi connectivity index (χ2v) is 9.22. The predicted octanol–water partition coefficient (Wildman–Crippen LogP) is 5.07. The summed E-state index contributed by atoms with van der Waals surface area (Å²) in [4.78, 5) is 41.3. The van der Waals surface area contributed by atoms with Crippen molar-refractivity contribution < 1.29 is 23.6 Å². The summed E-state index contributed by atoms with van der Waals surface area (Å²) in [6.45, 7) is 3.05. The van der Waals surface area contributed by atoms with Crippen molar-refractivity contribution in [1.82, 2.24) is 9.66 Å². The van der Waals surface area contributed by atoms with Crippen molar-refractivity contribution in [3.05, 3.63) is 96.7 Å². The molecule has 0 spiro atoms. The van der Waals surface area contributed by atoms with Gasteiger partial charge in [-0.15, -0.1) is 0 Å². The Kier molecular flexibility index (Phi) is 8.84. The fourth-order valence-electron chi connectivity index (χ4n) is 3.79. The van der Waals surface area contributed by atoms with E-state index in [1.54, 1.807) is 25.1 Å². The van der Waals surface area contributed by atoms with Gasteiger partial charge in [0.25, 0.3) is 11.5 Å². The van der Waals surface area contributed by atoms with Crippen LogP contribution in [0.25, 0.3) is 10.9 Å². The van der Waals surface area contributed by atoms with Crippen molar-refractivity contribution in [2.24, 2.45) is 5.10 Å². The van der Waals surface area contributed by atoms with Crippen molar-refractivity contribution in [2.75, 3.05) is 18.5 Å². The van der Waals surface area contributed by atoms with Crippen LogP contribution in [0.15, 0.2) is 69.0 Å². The summed E-state index contributed by atoms with van der Waals surface area (Å²) in [5.41, 5.74) is 0.0958. The van der Waals surface area contributed by atoms with Crippen molar-refractivity contribution >= 4 is 50.3 Å². The molecule has 3 aromatic carbocycles. The molecule has 0 saturated carbocycles. The van der Waals surface area contributed by atoms with Crippen LogP contribution < -0.4 is 20.3 Å². The Bertz CT molecular complexity index is 1690. The van der Waals surface area contributed by atoms with Gasteiger partial charge in [0.05, 0.1) is 28.6 Å². The number of nitrogens with one attached hydrogen (secondary N) is 1. The smallest absolute Gasteiger partial charge is 0.315 e. The molecule has 206 valence electrons. The molecular formula is C27H23BrFN5O6. The maximum absolute atomic E-state index is 13.4. The Morgan fingerprint density at radius 1 is 1.20 bits per heavy atom. The molecule has 0 atom stereocenters. The van der Waals surface area contributed by atoms with Gasteiger partial charge in [-0.25, -0.2) is 9.37 Å². The van der Waals surface area contributed by atoms with Gasteiger partial charge in [0, 0.05) is 28.2 Å². The molecule has 11 nitrogen and oxygen atoms in total. The third kappa shape index (κ3) is 6.49. The van der Waals surface area contributed by atoms with Gasteiger partial charge in [-0.05, 0) is 49.4 Å². The van der Waals surface area contributed by atoms with E-state index in [9.17, 15) is 24.1 Å². The van der Waals surface area contributed by atoms with Crippen molar-refractivity contribution in [1.29, 1.82) is 0 Å². The van der Waals surface area contributed by atoms with Crippen LogP contribution in [0.3, 0.4) is 0 Å². The van der Waals surface area contributed by atoms with Gasteiger partial charge < -0.3 is 14.8 Å². The van der Waals surface area contributed by atoms with Crippen molar-refractivity contribution in [3.8, 4) is 11.5 Å².